The van der Waals surface area contributed by atoms with Crippen molar-refractivity contribution >= 4 is 11.7 Å². The predicted molar refractivity (Wildman–Crippen MR) is 56.6 cm³/mol. The topological polar surface area (TPSA) is 41.1 Å². The van der Waals surface area contributed by atoms with Crippen molar-refractivity contribution in [2.24, 2.45) is 0 Å². The van der Waals surface area contributed by atoms with Crippen molar-refractivity contribution in [3.8, 4) is 0 Å². The molecule has 2 amide bonds. The summed E-state index contributed by atoms with van der Waals surface area (Å²) in [4.78, 5) is 11.4. The lowest BCUT2D eigenvalue weighted by molar-refractivity contribution is -0.136. The number of alkyl halides is 3. The van der Waals surface area contributed by atoms with E-state index in [2.05, 4.69) is 10.6 Å². The third-order valence-electron chi connectivity index (χ3n) is 2.39. The summed E-state index contributed by atoms with van der Waals surface area (Å²) in [6.45, 7) is 0. The molecule has 17 heavy (non-hydrogen) atoms. The number of anilines is 1. The van der Waals surface area contributed by atoms with Gasteiger partial charge in [0.2, 0.25) is 0 Å². The lowest BCUT2D eigenvalue weighted by Gasteiger charge is -2.13. The summed E-state index contributed by atoms with van der Waals surface area (Å²) in [5.41, 5.74) is -1.07. The molecule has 0 atom stereocenters. The molecule has 0 saturated heterocycles. The van der Waals surface area contributed by atoms with Crippen LogP contribution in [0.2, 0.25) is 0 Å². The zero-order valence-electron chi connectivity index (χ0n) is 8.84. The second-order valence-corrected chi connectivity index (χ2v) is 3.92. The highest BCUT2D eigenvalue weighted by Gasteiger charge is 2.33. The van der Waals surface area contributed by atoms with Gasteiger partial charge < -0.3 is 10.6 Å². The quantitative estimate of drug-likeness (QED) is 0.825. The third kappa shape index (κ3) is 3.12. The molecule has 0 bridgehead atoms. The fraction of sp³-hybridized carbons (Fsp3) is 0.364. The fourth-order valence-electron chi connectivity index (χ4n) is 1.41. The van der Waals surface area contributed by atoms with Crippen LogP contribution in [-0.4, -0.2) is 12.1 Å². The van der Waals surface area contributed by atoms with Crippen LogP contribution in [0.1, 0.15) is 18.4 Å². The molecular formula is C11H11F3N2O. The van der Waals surface area contributed by atoms with Gasteiger partial charge in [0.1, 0.15) is 0 Å². The molecule has 1 aliphatic rings. The van der Waals surface area contributed by atoms with Gasteiger partial charge in [-0.1, -0.05) is 12.1 Å². The first-order valence-electron chi connectivity index (χ1n) is 5.20. The largest absolute Gasteiger partial charge is 0.418 e. The highest BCUT2D eigenvalue weighted by Crippen LogP contribution is 2.34. The van der Waals surface area contributed by atoms with Gasteiger partial charge in [0, 0.05) is 6.04 Å². The second kappa shape index (κ2) is 4.27. The summed E-state index contributed by atoms with van der Waals surface area (Å²) in [5, 5.41) is 4.78. The standard InChI is InChI=1S/C11H11F3N2O/c12-11(13,14)8-3-1-2-4-9(8)16-10(17)15-7-5-6-7/h1-4,7H,5-6H2,(H2,15,16,17). The molecule has 6 heteroatoms. The Morgan fingerprint density at radius 1 is 1.24 bits per heavy atom. The number of urea groups is 1. The van der Waals surface area contributed by atoms with Crippen LogP contribution in [0.4, 0.5) is 23.7 Å². The smallest absolute Gasteiger partial charge is 0.335 e. The van der Waals surface area contributed by atoms with Crippen molar-refractivity contribution < 1.29 is 18.0 Å². The van der Waals surface area contributed by atoms with E-state index >= 15 is 0 Å². The van der Waals surface area contributed by atoms with Gasteiger partial charge in [-0.2, -0.15) is 13.2 Å². The molecule has 92 valence electrons. The number of carbonyl (C=O) groups is 1. The summed E-state index contributed by atoms with van der Waals surface area (Å²) in [6.07, 6.45) is -2.70. The van der Waals surface area contributed by atoms with Gasteiger partial charge >= 0.3 is 12.2 Å². The van der Waals surface area contributed by atoms with Crippen molar-refractivity contribution in [3.05, 3.63) is 29.8 Å². The normalized spacial score (nSPS) is 15.5. The molecule has 0 heterocycles. The van der Waals surface area contributed by atoms with Crippen LogP contribution >= 0.6 is 0 Å². The monoisotopic (exact) mass is 244 g/mol. The van der Waals surface area contributed by atoms with E-state index in [9.17, 15) is 18.0 Å². The zero-order chi connectivity index (χ0) is 12.5. The van der Waals surface area contributed by atoms with Crippen LogP contribution in [0.15, 0.2) is 24.3 Å². The lowest BCUT2D eigenvalue weighted by Crippen LogP contribution is -2.31. The number of halogens is 3. The lowest BCUT2D eigenvalue weighted by atomic mass is 10.1. The van der Waals surface area contributed by atoms with Gasteiger partial charge in [-0.25, -0.2) is 4.79 Å². The van der Waals surface area contributed by atoms with E-state index in [0.29, 0.717) is 0 Å². The number of nitrogens with one attached hydrogen (secondary N) is 2. The van der Waals surface area contributed by atoms with E-state index in [1.807, 2.05) is 0 Å². The van der Waals surface area contributed by atoms with Gasteiger partial charge in [0.15, 0.2) is 0 Å². The Kier molecular flexibility index (Phi) is 2.95. The first kappa shape index (κ1) is 11.8. The summed E-state index contributed by atoms with van der Waals surface area (Å²) < 4.78 is 37.8. The minimum absolute atomic E-state index is 0.105. The van der Waals surface area contributed by atoms with Crippen LogP contribution in [-0.2, 0) is 6.18 Å². The molecule has 0 spiro atoms. The maximum absolute atomic E-state index is 12.6. The fourth-order valence-corrected chi connectivity index (χ4v) is 1.41. The molecule has 1 saturated carbocycles. The number of amides is 2. The maximum atomic E-state index is 12.6. The second-order valence-electron chi connectivity index (χ2n) is 3.92. The Morgan fingerprint density at radius 2 is 1.88 bits per heavy atom. The van der Waals surface area contributed by atoms with Crippen molar-refractivity contribution in [1.82, 2.24) is 5.32 Å². The molecule has 1 aromatic carbocycles. The average Bonchev–Trinajstić information content (AvgIpc) is 3.00. The first-order chi connectivity index (χ1) is 7.97. The molecule has 0 unspecified atom stereocenters. The summed E-state index contributed by atoms with van der Waals surface area (Å²) in [5.74, 6) is 0. The number of hydrogen-bond acceptors (Lipinski definition) is 1. The van der Waals surface area contributed by atoms with Crippen molar-refractivity contribution in [2.45, 2.75) is 25.1 Å². The number of carbonyl (C=O) groups excluding carboxylic acids is 1. The molecule has 1 aliphatic carbocycles. The average molecular weight is 244 g/mol. The molecule has 3 nitrogen and oxygen atoms in total. The molecule has 2 N–H and O–H groups in total. The van der Waals surface area contributed by atoms with Gasteiger partial charge in [-0.15, -0.1) is 0 Å². The van der Waals surface area contributed by atoms with Crippen molar-refractivity contribution in [3.63, 3.8) is 0 Å². The van der Waals surface area contributed by atoms with E-state index in [0.717, 1.165) is 18.9 Å². The van der Waals surface area contributed by atoms with Gasteiger partial charge in [-0.3, -0.25) is 0 Å². The Balaban J connectivity index is 2.11. The maximum Gasteiger partial charge on any atom is 0.418 e. The van der Waals surface area contributed by atoms with E-state index in [4.69, 9.17) is 0 Å². The van der Waals surface area contributed by atoms with Gasteiger partial charge in [-0.05, 0) is 25.0 Å². The summed E-state index contributed by atoms with van der Waals surface area (Å²) in [6, 6.07) is 4.41. The Morgan fingerprint density at radius 3 is 2.47 bits per heavy atom. The number of hydrogen-bond donors (Lipinski definition) is 2. The van der Waals surface area contributed by atoms with E-state index in [-0.39, 0.29) is 11.7 Å². The van der Waals surface area contributed by atoms with E-state index < -0.39 is 17.8 Å². The SMILES string of the molecule is O=C(Nc1ccccc1C(F)(F)F)NC1CC1. The van der Waals surface area contributed by atoms with Crippen LogP contribution in [0, 0.1) is 0 Å². The number of benzene rings is 1. The van der Waals surface area contributed by atoms with Crippen molar-refractivity contribution in [2.75, 3.05) is 5.32 Å². The molecular weight excluding hydrogens is 233 g/mol. The van der Waals surface area contributed by atoms with Crippen LogP contribution < -0.4 is 10.6 Å². The van der Waals surface area contributed by atoms with E-state index in [1.165, 1.54) is 18.2 Å². The first-order valence-corrected chi connectivity index (χ1v) is 5.20. The highest BCUT2D eigenvalue weighted by molar-refractivity contribution is 5.90. The molecule has 0 aliphatic heterocycles. The Hall–Kier alpha value is -1.72. The van der Waals surface area contributed by atoms with Crippen LogP contribution in [0.25, 0.3) is 0 Å². The van der Waals surface area contributed by atoms with Gasteiger partial charge in [0.25, 0.3) is 0 Å². The molecule has 2 rings (SSSR count). The van der Waals surface area contributed by atoms with Crippen LogP contribution in [0.5, 0.6) is 0 Å². The minimum atomic E-state index is -4.47. The molecule has 1 fully saturated rings. The number of para-hydroxylation sites is 1. The zero-order valence-corrected chi connectivity index (χ0v) is 8.84. The molecule has 0 radical (unpaired) electrons. The molecule has 0 aromatic heterocycles. The van der Waals surface area contributed by atoms with Crippen LogP contribution in [0.3, 0.4) is 0 Å². The summed E-state index contributed by atoms with van der Waals surface area (Å²) in [7, 11) is 0. The number of rotatable bonds is 2. The Labute approximate surface area is 96.0 Å². The van der Waals surface area contributed by atoms with Crippen molar-refractivity contribution in [1.29, 1.82) is 0 Å². The highest BCUT2D eigenvalue weighted by atomic mass is 19.4. The third-order valence-corrected chi connectivity index (χ3v) is 2.39. The minimum Gasteiger partial charge on any atom is -0.335 e. The predicted octanol–water partition coefficient (Wildman–Crippen LogP) is 2.99. The van der Waals surface area contributed by atoms with Gasteiger partial charge in [0.05, 0.1) is 11.3 Å². The molecule has 1 aromatic rings. The van der Waals surface area contributed by atoms with E-state index in [1.54, 1.807) is 0 Å². The summed E-state index contributed by atoms with van der Waals surface area (Å²) >= 11 is 0. The Bertz CT molecular complexity index is 427.